The number of nitrogens with zero attached hydrogens (tertiary/aromatic N) is 2. The lowest BCUT2D eigenvalue weighted by molar-refractivity contribution is 1.45. The first-order valence-corrected chi connectivity index (χ1v) is 7.86. The van der Waals surface area contributed by atoms with E-state index in [-0.39, 0.29) is 0 Å². The summed E-state index contributed by atoms with van der Waals surface area (Å²) in [5, 5.41) is 1.65. The van der Waals surface area contributed by atoms with Crippen LogP contribution in [-0.2, 0) is 0 Å². The SMILES string of the molecule is Cc1ccc2nc(-c3ccc4nc(N)sc4c3)sc2c1. The fraction of sp³-hybridized carbons (Fsp3) is 0.0667. The van der Waals surface area contributed by atoms with Gasteiger partial charge in [0.25, 0.3) is 0 Å². The van der Waals surface area contributed by atoms with Gasteiger partial charge in [-0.25, -0.2) is 9.97 Å². The van der Waals surface area contributed by atoms with Crippen LogP contribution in [0, 0.1) is 6.92 Å². The molecule has 0 spiro atoms. The van der Waals surface area contributed by atoms with E-state index < -0.39 is 0 Å². The number of aryl methyl sites for hydroxylation is 1. The number of anilines is 1. The Morgan fingerprint density at radius 3 is 2.55 bits per heavy atom. The zero-order valence-corrected chi connectivity index (χ0v) is 12.4. The van der Waals surface area contributed by atoms with Crippen molar-refractivity contribution in [2.24, 2.45) is 0 Å². The van der Waals surface area contributed by atoms with Gasteiger partial charge in [-0.3, -0.25) is 0 Å². The van der Waals surface area contributed by atoms with Crippen molar-refractivity contribution in [3.8, 4) is 10.6 Å². The van der Waals surface area contributed by atoms with Crippen LogP contribution < -0.4 is 5.73 Å². The summed E-state index contributed by atoms with van der Waals surface area (Å²) < 4.78 is 2.33. The van der Waals surface area contributed by atoms with E-state index in [2.05, 4.69) is 42.2 Å². The Labute approximate surface area is 123 Å². The number of fused-ring (bicyclic) bond motifs is 2. The Morgan fingerprint density at radius 2 is 1.65 bits per heavy atom. The van der Waals surface area contributed by atoms with Crippen LogP contribution in [0.4, 0.5) is 5.13 Å². The molecule has 0 aliphatic rings. The molecule has 2 N–H and O–H groups in total. The topological polar surface area (TPSA) is 51.8 Å². The van der Waals surface area contributed by atoms with Crippen LogP contribution in [-0.4, -0.2) is 9.97 Å². The van der Waals surface area contributed by atoms with E-state index in [0.717, 1.165) is 26.3 Å². The fourth-order valence-corrected chi connectivity index (χ4v) is 4.06. The van der Waals surface area contributed by atoms with Crippen LogP contribution in [0.25, 0.3) is 31.0 Å². The maximum absolute atomic E-state index is 5.75. The normalized spacial score (nSPS) is 11.4. The second-order valence-electron chi connectivity index (χ2n) is 4.72. The summed E-state index contributed by atoms with van der Waals surface area (Å²) in [5.41, 5.74) is 10.1. The molecule has 20 heavy (non-hydrogen) atoms. The Bertz CT molecular complexity index is 937. The third-order valence-electron chi connectivity index (χ3n) is 3.20. The average Bonchev–Trinajstić information content (AvgIpc) is 2.99. The molecule has 0 aliphatic carbocycles. The molecule has 4 aromatic rings. The number of aromatic nitrogens is 2. The predicted octanol–water partition coefficient (Wildman–Crippen LogP) is 4.46. The van der Waals surface area contributed by atoms with E-state index in [9.17, 15) is 0 Å². The molecule has 2 aromatic carbocycles. The predicted molar refractivity (Wildman–Crippen MR) is 87.4 cm³/mol. The molecule has 0 unspecified atom stereocenters. The molecule has 0 bridgehead atoms. The molecular weight excluding hydrogens is 286 g/mol. The molecular formula is C15H11N3S2. The van der Waals surface area contributed by atoms with Gasteiger partial charge in [0, 0.05) is 5.56 Å². The Balaban J connectivity index is 1.90. The molecule has 2 aromatic heterocycles. The summed E-state index contributed by atoms with van der Waals surface area (Å²) in [6, 6.07) is 12.5. The fourth-order valence-electron chi connectivity index (χ4n) is 2.23. The highest BCUT2D eigenvalue weighted by Gasteiger charge is 2.08. The van der Waals surface area contributed by atoms with Gasteiger partial charge in [-0.05, 0) is 42.8 Å². The Kier molecular flexibility index (Phi) is 2.52. The lowest BCUT2D eigenvalue weighted by Gasteiger charge is -1.94. The number of hydrogen-bond donors (Lipinski definition) is 1. The monoisotopic (exact) mass is 297 g/mol. The highest BCUT2D eigenvalue weighted by molar-refractivity contribution is 7.22. The minimum atomic E-state index is 0.608. The van der Waals surface area contributed by atoms with Gasteiger partial charge in [0.1, 0.15) is 5.01 Å². The minimum Gasteiger partial charge on any atom is -0.375 e. The van der Waals surface area contributed by atoms with Gasteiger partial charge in [0.15, 0.2) is 5.13 Å². The molecule has 0 amide bonds. The van der Waals surface area contributed by atoms with Crippen LogP contribution in [0.15, 0.2) is 36.4 Å². The standard InChI is InChI=1S/C15H11N3S2/c1-8-2-4-10-12(6-8)19-14(17-10)9-3-5-11-13(7-9)20-15(16)18-11/h2-7H,1H3,(H2,16,18). The number of nitrogens with two attached hydrogens (primary N) is 1. The first-order chi connectivity index (χ1) is 9.69. The van der Waals surface area contributed by atoms with E-state index in [1.807, 2.05) is 6.07 Å². The van der Waals surface area contributed by atoms with Crippen LogP contribution in [0.5, 0.6) is 0 Å². The van der Waals surface area contributed by atoms with Crippen molar-refractivity contribution in [2.45, 2.75) is 6.92 Å². The molecule has 0 atom stereocenters. The van der Waals surface area contributed by atoms with Crippen molar-refractivity contribution < 1.29 is 0 Å². The summed E-state index contributed by atoms with van der Waals surface area (Å²) in [5.74, 6) is 0. The van der Waals surface area contributed by atoms with Crippen LogP contribution in [0.3, 0.4) is 0 Å². The third-order valence-corrected chi connectivity index (χ3v) is 5.11. The van der Waals surface area contributed by atoms with E-state index in [4.69, 9.17) is 10.7 Å². The van der Waals surface area contributed by atoms with Crippen LogP contribution in [0.2, 0.25) is 0 Å². The smallest absolute Gasteiger partial charge is 0.181 e. The lowest BCUT2D eigenvalue weighted by atomic mass is 10.2. The molecule has 2 heterocycles. The first kappa shape index (κ1) is 11.8. The minimum absolute atomic E-state index is 0.608. The van der Waals surface area contributed by atoms with Gasteiger partial charge in [-0.2, -0.15) is 0 Å². The zero-order chi connectivity index (χ0) is 13.7. The van der Waals surface area contributed by atoms with Crippen molar-refractivity contribution in [2.75, 3.05) is 5.73 Å². The molecule has 4 rings (SSSR count). The Hall–Kier alpha value is -1.98. The van der Waals surface area contributed by atoms with Crippen molar-refractivity contribution in [1.29, 1.82) is 0 Å². The summed E-state index contributed by atoms with van der Waals surface area (Å²) in [7, 11) is 0. The lowest BCUT2D eigenvalue weighted by Crippen LogP contribution is -1.79. The van der Waals surface area contributed by atoms with Gasteiger partial charge < -0.3 is 5.73 Å². The van der Waals surface area contributed by atoms with Crippen LogP contribution >= 0.6 is 22.7 Å². The second kappa shape index (κ2) is 4.26. The highest BCUT2D eigenvalue weighted by atomic mass is 32.1. The van der Waals surface area contributed by atoms with Gasteiger partial charge in [0.2, 0.25) is 0 Å². The molecule has 0 radical (unpaired) electrons. The van der Waals surface area contributed by atoms with Gasteiger partial charge in [-0.15, -0.1) is 11.3 Å². The molecule has 5 heteroatoms. The molecule has 3 nitrogen and oxygen atoms in total. The number of nitrogen functional groups attached to an aromatic ring is 1. The largest absolute Gasteiger partial charge is 0.375 e. The molecule has 0 fully saturated rings. The van der Waals surface area contributed by atoms with Gasteiger partial charge in [0.05, 0.1) is 20.4 Å². The van der Waals surface area contributed by atoms with E-state index in [1.165, 1.54) is 21.6 Å². The zero-order valence-electron chi connectivity index (χ0n) is 10.8. The summed E-state index contributed by atoms with van der Waals surface area (Å²) in [6.45, 7) is 2.10. The average molecular weight is 297 g/mol. The van der Waals surface area contributed by atoms with E-state index in [1.54, 1.807) is 11.3 Å². The first-order valence-electron chi connectivity index (χ1n) is 6.23. The van der Waals surface area contributed by atoms with Crippen molar-refractivity contribution >= 4 is 48.2 Å². The van der Waals surface area contributed by atoms with Gasteiger partial charge in [-0.1, -0.05) is 17.4 Å². The van der Waals surface area contributed by atoms with E-state index >= 15 is 0 Å². The summed E-state index contributed by atoms with van der Waals surface area (Å²) in [6.07, 6.45) is 0. The van der Waals surface area contributed by atoms with Gasteiger partial charge >= 0.3 is 0 Å². The summed E-state index contributed by atoms with van der Waals surface area (Å²) >= 11 is 3.24. The number of benzene rings is 2. The van der Waals surface area contributed by atoms with Crippen molar-refractivity contribution in [1.82, 2.24) is 9.97 Å². The van der Waals surface area contributed by atoms with E-state index in [0.29, 0.717) is 5.13 Å². The Morgan fingerprint density at radius 1 is 0.900 bits per heavy atom. The molecule has 0 aliphatic heterocycles. The maximum atomic E-state index is 5.75. The number of hydrogen-bond acceptors (Lipinski definition) is 5. The van der Waals surface area contributed by atoms with Crippen LogP contribution in [0.1, 0.15) is 5.56 Å². The molecule has 0 saturated heterocycles. The second-order valence-corrected chi connectivity index (χ2v) is 6.82. The molecule has 98 valence electrons. The highest BCUT2D eigenvalue weighted by Crippen LogP contribution is 2.34. The van der Waals surface area contributed by atoms with Crippen molar-refractivity contribution in [3.63, 3.8) is 0 Å². The maximum Gasteiger partial charge on any atom is 0.181 e. The van der Waals surface area contributed by atoms with Crippen molar-refractivity contribution in [3.05, 3.63) is 42.0 Å². The number of thiazole rings is 2. The summed E-state index contributed by atoms with van der Waals surface area (Å²) in [4.78, 5) is 8.99. The molecule has 0 saturated carbocycles. The number of rotatable bonds is 1. The quantitative estimate of drug-likeness (QED) is 0.564. The third kappa shape index (κ3) is 1.87.